The molecular weight excluding hydrogens is 384 g/mol. The van der Waals surface area contributed by atoms with Gasteiger partial charge >= 0.3 is 0 Å². The summed E-state index contributed by atoms with van der Waals surface area (Å²) in [7, 11) is 3.11. The molecule has 1 atom stereocenters. The van der Waals surface area contributed by atoms with Crippen LogP contribution in [0, 0.1) is 5.92 Å². The highest BCUT2D eigenvalue weighted by Gasteiger charge is 2.36. The van der Waals surface area contributed by atoms with E-state index in [-0.39, 0.29) is 24.8 Å². The van der Waals surface area contributed by atoms with Gasteiger partial charge in [0, 0.05) is 32.1 Å². The van der Waals surface area contributed by atoms with E-state index in [4.69, 9.17) is 9.47 Å². The third-order valence-electron chi connectivity index (χ3n) is 5.64. The topological polar surface area (TPSA) is 84.0 Å². The summed E-state index contributed by atoms with van der Waals surface area (Å²) in [5.41, 5.74) is 1.67. The molecule has 8 nitrogen and oxygen atoms in total. The van der Waals surface area contributed by atoms with Crippen molar-refractivity contribution in [2.24, 2.45) is 5.92 Å². The maximum absolute atomic E-state index is 12.8. The van der Waals surface area contributed by atoms with Crippen molar-refractivity contribution in [1.29, 1.82) is 0 Å². The SMILES string of the molecule is COc1ccc(OC)c(N2CC(C(=O)Nc3ccc(N4CCCC4)cn3)CC2=O)c1. The number of amides is 2. The molecule has 2 aliphatic heterocycles. The van der Waals surface area contributed by atoms with Crippen LogP contribution in [0.25, 0.3) is 0 Å². The van der Waals surface area contributed by atoms with Gasteiger partial charge in [-0.3, -0.25) is 9.59 Å². The van der Waals surface area contributed by atoms with Crippen molar-refractivity contribution in [2.75, 3.05) is 49.0 Å². The molecule has 2 fully saturated rings. The Balaban J connectivity index is 1.43. The molecule has 8 heteroatoms. The van der Waals surface area contributed by atoms with Crippen molar-refractivity contribution in [2.45, 2.75) is 19.3 Å². The van der Waals surface area contributed by atoms with Crippen LogP contribution >= 0.6 is 0 Å². The molecule has 0 radical (unpaired) electrons. The maximum atomic E-state index is 12.8. The van der Waals surface area contributed by atoms with Crippen molar-refractivity contribution in [3.05, 3.63) is 36.5 Å². The number of aromatic nitrogens is 1. The van der Waals surface area contributed by atoms with Gasteiger partial charge in [0.05, 0.1) is 37.7 Å². The van der Waals surface area contributed by atoms with Gasteiger partial charge in [-0.2, -0.15) is 0 Å². The van der Waals surface area contributed by atoms with E-state index in [1.54, 1.807) is 43.5 Å². The van der Waals surface area contributed by atoms with E-state index in [0.717, 1.165) is 18.8 Å². The second-order valence-electron chi connectivity index (χ2n) is 7.53. The highest BCUT2D eigenvalue weighted by molar-refractivity contribution is 6.04. The number of hydrogen-bond donors (Lipinski definition) is 1. The summed E-state index contributed by atoms with van der Waals surface area (Å²) >= 11 is 0. The molecule has 0 bridgehead atoms. The van der Waals surface area contributed by atoms with Crippen LogP contribution in [0.3, 0.4) is 0 Å². The van der Waals surface area contributed by atoms with Crippen LogP contribution in [0.2, 0.25) is 0 Å². The van der Waals surface area contributed by atoms with Gasteiger partial charge in [-0.05, 0) is 37.1 Å². The summed E-state index contributed by atoms with van der Waals surface area (Å²) < 4.78 is 10.7. The number of carbonyl (C=O) groups is 2. The third-order valence-corrected chi connectivity index (χ3v) is 5.64. The summed E-state index contributed by atoms with van der Waals surface area (Å²) in [5.74, 6) is 0.868. The summed E-state index contributed by atoms with van der Waals surface area (Å²) in [6, 6.07) is 9.05. The van der Waals surface area contributed by atoms with Crippen molar-refractivity contribution in [3.8, 4) is 11.5 Å². The smallest absolute Gasteiger partial charge is 0.230 e. The second-order valence-corrected chi connectivity index (χ2v) is 7.53. The summed E-state index contributed by atoms with van der Waals surface area (Å²) in [6.07, 6.45) is 4.32. The fourth-order valence-electron chi connectivity index (χ4n) is 3.97. The van der Waals surface area contributed by atoms with Crippen LogP contribution in [0.1, 0.15) is 19.3 Å². The van der Waals surface area contributed by atoms with E-state index < -0.39 is 5.92 Å². The summed E-state index contributed by atoms with van der Waals surface area (Å²) in [6.45, 7) is 2.36. The Hall–Kier alpha value is -3.29. The molecule has 2 amide bonds. The van der Waals surface area contributed by atoms with E-state index in [0.29, 0.717) is 23.0 Å². The van der Waals surface area contributed by atoms with Gasteiger partial charge in [-0.25, -0.2) is 4.98 Å². The lowest BCUT2D eigenvalue weighted by atomic mass is 10.1. The Morgan fingerprint density at radius 2 is 1.93 bits per heavy atom. The van der Waals surface area contributed by atoms with Gasteiger partial charge in [0.25, 0.3) is 0 Å². The Labute approximate surface area is 175 Å². The van der Waals surface area contributed by atoms with Crippen molar-refractivity contribution in [3.63, 3.8) is 0 Å². The Morgan fingerprint density at radius 3 is 2.60 bits per heavy atom. The number of nitrogens with zero attached hydrogens (tertiary/aromatic N) is 3. The fourth-order valence-corrected chi connectivity index (χ4v) is 3.97. The molecule has 4 rings (SSSR count). The Bertz CT molecular complexity index is 925. The Kier molecular flexibility index (Phi) is 5.74. The number of pyridine rings is 1. The van der Waals surface area contributed by atoms with Crippen molar-refractivity contribution < 1.29 is 19.1 Å². The zero-order valence-corrected chi connectivity index (χ0v) is 17.3. The first-order valence-corrected chi connectivity index (χ1v) is 10.1. The minimum Gasteiger partial charge on any atom is -0.497 e. The number of hydrogen-bond acceptors (Lipinski definition) is 6. The van der Waals surface area contributed by atoms with Crippen LogP contribution in [-0.2, 0) is 9.59 Å². The summed E-state index contributed by atoms with van der Waals surface area (Å²) in [4.78, 5) is 33.6. The number of rotatable bonds is 6. The van der Waals surface area contributed by atoms with Crippen molar-refractivity contribution >= 4 is 29.0 Å². The molecule has 0 aliphatic carbocycles. The van der Waals surface area contributed by atoms with Gasteiger partial charge in [0.1, 0.15) is 17.3 Å². The van der Waals surface area contributed by atoms with Crippen LogP contribution in [0.15, 0.2) is 36.5 Å². The lowest BCUT2D eigenvalue weighted by Crippen LogP contribution is -2.28. The lowest BCUT2D eigenvalue weighted by molar-refractivity contribution is -0.122. The van der Waals surface area contributed by atoms with E-state index in [1.165, 1.54) is 12.8 Å². The minimum atomic E-state index is -0.464. The minimum absolute atomic E-state index is 0.126. The predicted molar refractivity (Wildman–Crippen MR) is 114 cm³/mol. The van der Waals surface area contributed by atoms with Gasteiger partial charge in [0.15, 0.2) is 0 Å². The van der Waals surface area contributed by atoms with E-state index in [2.05, 4.69) is 15.2 Å². The average molecular weight is 410 g/mol. The number of benzene rings is 1. The predicted octanol–water partition coefficient (Wildman–Crippen LogP) is 2.69. The van der Waals surface area contributed by atoms with Crippen LogP contribution in [0.5, 0.6) is 11.5 Å². The third kappa shape index (κ3) is 4.03. The molecule has 2 aromatic rings. The number of methoxy groups -OCH3 is 2. The monoisotopic (exact) mass is 410 g/mol. The molecule has 0 saturated carbocycles. The quantitative estimate of drug-likeness (QED) is 0.788. The normalized spacial score (nSPS) is 18.6. The first-order valence-electron chi connectivity index (χ1n) is 10.1. The molecule has 2 aliphatic rings. The average Bonchev–Trinajstić information content (AvgIpc) is 3.44. The van der Waals surface area contributed by atoms with Gasteiger partial charge in [-0.15, -0.1) is 0 Å². The standard InChI is InChI=1S/C22H26N4O4/c1-29-17-6-7-19(30-2)18(12-17)26-14-15(11-21(26)27)22(28)24-20-8-5-16(13-23-20)25-9-3-4-10-25/h5-8,12-13,15H,3-4,9-11,14H2,1-2H3,(H,23,24,28). The van der Waals surface area contributed by atoms with Crippen LogP contribution in [-0.4, -0.2) is 50.7 Å². The molecule has 1 N–H and O–H groups in total. The lowest BCUT2D eigenvalue weighted by Gasteiger charge is -2.20. The van der Waals surface area contributed by atoms with Crippen LogP contribution in [0.4, 0.5) is 17.2 Å². The fraction of sp³-hybridized carbons (Fsp3) is 0.409. The van der Waals surface area contributed by atoms with Crippen LogP contribution < -0.4 is 24.6 Å². The van der Waals surface area contributed by atoms with Gasteiger partial charge in [0.2, 0.25) is 11.8 Å². The van der Waals surface area contributed by atoms with E-state index in [1.807, 2.05) is 12.1 Å². The zero-order valence-electron chi connectivity index (χ0n) is 17.3. The zero-order chi connectivity index (χ0) is 21.1. The molecule has 2 saturated heterocycles. The highest BCUT2D eigenvalue weighted by atomic mass is 16.5. The van der Waals surface area contributed by atoms with Gasteiger partial charge in [-0.1, -0.05) is 0 Å². The Morgan fingerprint density at radius 1 is 1.13 bits per heavy atom. The molecule has 1 unspecified atom stereocenters. The van der Waals surface area contributed by atoms with Gasteiger partial charge < -0.3 is 24.6 Å². The molecular formula is C22H26N4O4. The molecule has 158 valence electrons. The second kappa shape index (κ2) is 8.61. The first kappa shape index (κ1) is 20.0. The largest absolute Gasteiger partial charge is 0.497 e. The highest BCUT2D eigenvalue weighted by Crippen LogP contribution is 2.36. The molecule has 3 heterocycles. The number of carbonyl (C=O) groups excluding carboxylic acids is 2. The number of ether oxygens (including phenoxy) is 2. The van der Waals surface area contributed by atoms with E-state index >= 15 is 0 Å². The number of anilines is 3. The molecule has 1 aromatic carbocycles. The maximum Gasteiger partial charge on any atom is 0.230 e. The molecule has 30 heavy (non-hydrogen) atoms. The first-order chi connectivity index (χ1) is 14.6. The molecule has 0 spiro atoms. The van der Waals surface area contributed by atoms with Crippen molar-refractivity contribution in [1.82, 2.24) is 4.98 Å². The summed E-state index contributed by atoms with van der Waals surface area (Å²) in [5, 5.41) is 2.84. The number of nitrogens with one attached hydrogen (secondary N) is 1. The molecule has 1 aromatic heterocycles. The van der Waals surface area contributed by atoms with E-state index in [9.17, 15) is 9.59 Å².